The normalized spacial score (nSPS) is 12.1. The third-order valence-corrected chi connectivity index (χ3v) is 3.35. The molecule has 0 spiro atoms. The van der Waals surface area contributed by atoms with Gasteiger partial charge in [-0.1, -0.05) is 18.2 Å². The predicted molar refractivity (Wildman–Crippen MR) is 68.3 cm³/mol. The maximum absolute atomic E-state index is 11.8. The fraction of sp³-hybridized carbons (Fsp3) is 0.154. The van der Waals surface area contributed by atoms with Gasteiger partial charge in [0.05, 0.1) is 10.9 Å². The Hall–Kier alpha value is -1.81. The van der Waals surface area contributed by atoms with E-state index in [1.807, 2.05) is 18.4 Å². The number of rotatable bonds is 3. The van der Waals surface area contributed by atoms with Crippen LogP contribution in [-0.2, 0) is 0 Å². The molecule has 0 aliphatic rings. The second-order valence-corrected chi connectivity index (χ2v) is 4.71. The molecule has 0 saturated heterocycles. The molecule has 3 nitrogen and oxygen atoms in total. The first-order chi connectivity index (χ1) is 8.16. The summed E-state index contributed by atoms with van der Waals surface area (Å²) in [5.74, 6) is 0.158. The quantitative estimate of drug-likeness (QED) is 0.876. The van der Waals surface area contributed by atoms with E-state index in [4.69, 9.17) is 0 Å². The van der Waals surface area contributed by atoms with E-state index in [0.29, 0.717) is 4.88 Å². The van der Waals surface area contributed by atoms with Crippen molar-refractivity contribution >= 4 is 17.2 Å². The monoisotopic (exact) mass is 247 g/mol. The lowest BCUT2D eigenvalue weighted by Crippen LogP contribution is -2.25. The molecule has 1 amide bonds. The van der Waals surface area contributed by atoms with Gasteiger partial charge in [0.1, 0.15) is 5.75 Å². The van der Waals surface area contributed by atoms with Crippen LogP contribution in [0.15, 0.2) is 41.8 Å². The van der Waals surface area contributed by atoms with Crippen LogP contribution in [0.2, 0.25) is 0 Å². The van der Waals surface area contributed by atoms with Crippen molar-refractivity contribution in [3.05, 3.63) is 52.2 Å². The molecule has 2 aromatic rings. The number of phenols is 1. The van der Waals surface area contributed by atoms with Gasteiger partial charge in [0, 0.05) is 0 Å². The summed E-state index contributed by atoms with van der Waals surface area (Å²) in [6, 6.07) is 10.4. The number of phenolic OH excluding ortho intramolecular Hbond substituents is 1. The fourth-order valence-electron chi connectivity index (χ4n) is 1.52. The Balaban J connectivity index is 2.04. The third-order valence-electron chi connectivity index (χ3n) is 2.49. The molecule has 1 aromatic carbocycles. The molecule has 1 atom stereocenters. The highest BCUT2D eigenvalue weighted by atomic mass is 32.1. The fourth-order valence-corrected chi connectivity index (χ4v) is 2.15. The Morgan fingerprint density at radius 3 is 2.59 bits per heavy atom. The third kappa shape index (κ3) is 2.85. The van der Waals surface area contributed by atoms with Crippen molar-refractivity contribution in [1.29, 1.82) is 0 Å². The Morgan fingerprint density at radius 1 is 1.29 bits per heavy atom. The highest BCUT2D eigenvalue weighted by molar-refractivity contribution is 7.12. The summed E-state index contributed by atoms with van der Waals surface area (Å²) < 4.78 is 0. The van der Waals surface area contributed by atoms with Crippen LogP contribution in [0, 0.1) is 0 Å². The van der Waals surface area contributed by atoms with E-state index in [9.17, 15) is 9.90 Å². The second kappa shape index (κ2) is 5.01. The van der Waals surface area contributed by atoms with Gasteiger partial charge in [0.25, 0.3) is 5.91 Å². The van der Waals surface area contributed by atoms with E-state index in [0.717, 1.165) is 5.56 Å². The van der Waals surface area contributed by atoms with Crippen LogP contribution in [0.4, 0.5) is 0 Å². The molecular formula is C13H13NO2S. The van der Waals surface area contributed by atoms with Gasteiger partial charge in [-0.15, -0.1) is 11.3 Å². The van der Waals surface area contributed by atoms with Crippen molar-refractivity contribution in [1.82, 2.24) is 5.32 Å². The van der Waals surface area contributed by atoms with E-state index in [-0.39, 0.29) is 17.7 Å². The topological polar surface area (TPSA) is 49.3 Å². The largest absolute Gasteiger partial charge is 0.508 e. The average molecular weight is 247 g/mol. The maximum Gasteiger partial charge on any atom is 0.261 e. The van der Waals surface area contributed by atoms with Gasteiger partial charge >= 0.3 is 0 Å². The summed E-state index contributed by atoms with van der Waals surface area (Å²) in [6.07, 6.45) is 0. The number of thiophene rings is 1. The lowest BCUT2D eigenvalue weighted by Gasteiger charge is -2.13. The zero-order valence-electron chi connectivity index (χ0n) is 9.38. The summed E-state index contributed by atoms with van der Waals surface area (Å²) in [5, 5.41) is 14.0. The minimum Gasteiger partial charge on any atom is -0.508 e. The molecule has 0 fully saturated rings. The number of aromatic hydroxyl groups is 1. The van der Waals surface area contributed by atoms with Crippen molar-refractivity contribution in [3.8, 4) is 5.75 Å². The van der Waals surface area contributed by atoms with Crippen LogP contribution >= 0.6 is 11.3 Å². The van der Waals surface area contributed by atoms with Crippen LogP contribution in [-0.4, -0.2) is 11.0 Å². The molecule has 88 valence electrons. The molecule has 4 heteroatoms. The second-order valence-electron chi connectivity index (χ2n) is 3.76. The highest BCUT2D eigenvalue weighted by Gasteiger charge is 2.11. The van der Waals surface area contributed by atoms with Crippen LogP contribution in [0.25, 0.3) is 0 Å². The van der Waals surface area contributed by atoms with Crippen molar-refractivity contribution in [2.24, 2.45) is 0 Å². The summed E-state index contributed by atoms with van der Waals surface area (Å²) in [7, 11) is 0. The molecule has 0 aliphatic carbocycles. The van der Waals surface area contributed by atoms with Crippen LogP contribution < -0.4 is 5.32 Å². The first-order valence-corrected chi connectivity index (χ1v) is 6.18. The predicted octanol–water partition coefficient (Wildman–Crippen LogP) is 2.94. The van der Waals surface area contributed by atoms with E-state index in [1.165, 1.54) is 11.3 Å². The Bertz CT molecular complexity index is 491. The number of amides is 1. The summed E-state index contributed by atoms with van der Waals surface area (Å²) in [6.45, 7) is 1.91. The molecule has 0 radical (unpaired) electrons. The van der Waals surface area contributed by atoms with Crippen LogP contribution in [0.3, 0.4) is 0 Å². The number of nitrogens with one attached hydrogen (secondary N) is 1. The number of hydrogen-bond donors (Lipinski definition) is 2. The van der Waals surface area contributed by atoms with Gasteiger partial charge in [-0.05, 0) is 36.1 Å². The molecule has 2 N–H and O–H groups in total. The molecule has 1 unspecified atom stereocenters. The van der Waals surface area contributed by atoms with E-state index >= 15 is 0 Å². The Morgan fingerprint density at radius 2 is 2.00 bits per heavy atom. The first kappa shape index (κ1) is 11.7. The summed E-state index contributed by atoms with van der Waals surface area (Å²) in [4.78, 5) is 12.5. The number of carbonyl (C=O) groups is 1. The average Bonchev–Trinajstić information content (AvgIpc) is 2.83. The van der Waals surface area contributed by atoms with Crippen molar-refractivity contribution in [3.63, 3.8) is 0 Å². The van der Waals surface area contributed by atoms with Gasteiger partial charge in [-0.2, -0.15) is 0 Å². The lowest BCUT2D eigenvalue weighted by atomic mass is 10.1. The zero-order chi connectivity index (χ0) is 12.3. The number of benzene rings is 1. The minimum atomic E-state index is -0.0785. The van der Waals surface area contributed by atoms with Crippen LogP contribution in [0.1, 0.15) is 28.2 Å². The molecule has 1 heterocycles. The maximum atomic E-state index is 11.8. The van der Waals surface area contributed by atoms with Crippen molar-refractivity contribution < 1.29 is 9.90 Å². The number of hydrogen-bond acceptors (Lipinski definition) is 3. The van der Waals surface area contributed by atoms with Gasteiger partial charge < -0.3 is 10.4 Å². The molecule has 1 aromatic heterocycles. The number of carbonyl (C=O) groups excluding carboxylic acids is 1. The molecule has 0 aliphatic heterocycles. The van der Waals surface area contributed by atoms with Crippen LogP contribution in [0.5, 0.6) is 5.75 Å². The van der Waals surface area contributed by atoms with E-state index < -0.39 is 0 Å². The first-order valence-electron chi connectivity index (χ1n) is 5.30. The SMILES string of the molecule is CC(NC(=O)c1cccs1)c1ccc(O)cc1. The smallest absolute Gasteiger partial charge is 0.261 e. The lowest BCUT2D eigenvalue weighted by molar-refractivity contribution is 0.0944. The molecule has 0 bridgehead atoms. The minimum absolute atomic E-state index is 0.0689. The van der Waals surface area contributed by atoms with E-state index in [2.05, 4.69) is 5.32 Å². The van der Waals surface area contributed by atoms with Crippen molar-refractivity contribution in [2.45, 2.75) is 13.0 Å². The van der Waals surface area contributed by atoms with Crippen molar-refractivity contribution in [2.75, 3.05) is 0 Å². The standard InChI is InChI=1S/C13H13NO2S/c1-9(10-4-6-11(15)7-5-10)14-13(16)12-3-2-8-17-12/h2-9,15H,1H3,(H,14,16). The van der Waals surface area contributed by atoms with Gasteiger partial charge in [-0.3, -0.25) is 4.79 Å². The highest BCUT2D eigenvalue weighted by Crippen LogP contribution is 2.17. The molecule has 17 heavy (non-hydrogen) atoms. The molecule has 2 rings (SSSR count). The Kier molecular flexibility index (Phi) is 3.44. The van der Waals surface area contributed by atoms with E-state index in [1.54, 1.807) is 30.3 Å². The zero-order valence-corrected chi connectivity index (χ0v) is 10.2. The summed E-state index contributed by atoms with van der Waals surface area (Å²) in [5.41, 5.74) is 0.965. The Labute approximate surface area is 104 Å². The van der Waals surface area contributed by atoms with Gasteiger partial charge in [-0.25, -0.2) is 0 Å². The molecule has 0 saturated carbocycles. The van der Waals surface area contributed by atoms with Gasteiger partial charge in [0.2, 0.25) is 0 Å². The summed E-state index contributed by atoms with van der Waals surface area (Å²) >= 11 is 1.42. The van der Waals surface area contributed by atoms with Gasteiger partial charge in [0.15, 0.2) is 0 Å². The molecular weight excluding hydrogens is 234 g/mol.